The van der Waals surface area contributed by atoms with Crippen molar-refractivity contribution in [3.63, 3.8) is 0 Å². The second-order valence-corrected chi connectivity index (χ2v) is 7.18. The highest BCUT2D eigenvalue weighted by Gasteiger charge is 2.19. The summed E-state index contributed by atoms with van der Waals surface area (Å²) in [4.78, 5) is 31.1. The van der Waals surface area contributed by atoms with Gasteiger partial charge in [0.1, 0.15) is 6.54 Å². The van der Waals surface area contributed by atoms with Gasteiger partial charge in [0, 0.05) is 17.5 Å². The summed E-state index contributed by atoms with van der Waals surface area (Å²) >= 11 is 1.39. The van der Waals surface area contributed by atoms with Crippen LogP contribution in [-0.4, -0.2) is 34.8 Å². The standard InChI is InChI=1S/C20H27N3O2S/c1-4-6-7-12-23(13-18(24)22-20-21-15(3)14-26-20)19(25)17-10-8-16(5-2)9-11-17/h8-11,14H,4-7,12-13H2,1-3H3,(H,21,22,24). The highest BCUT2D eigenvalue weighted by atomic mass is 32.1. The van der Waals surface area contributed by atoms with Gasteiger partial charge in [0.05, 0.1) is 5.69 Å². The minimum absolute atomic E-state index is 0.0384. The first kappa shape index (κ1) is 20.1. The van der Waals surface area contributed by atoms with Gasteiger partial charge in [-0.25, -0.2) is 4.98 Å². The van der Waals surface area contributed by atoms with Crippen molar-refractivity contribution in [2.75, 3.05) is 18.4 Å². The maximum Gasteiger partial charge on any atom is 0.254 e. The summed E-state index contributed by atoms with van der Waals surface area (Å²) in [5, 5.41) is 5.24. The highest BCUT2D eigenvalue weighted by molar-refractivity contribution is 7.13. The van der Waals surface area contributed by atoms with Gasteiger partial charge < -0.3 is 10.2 Å². The van der Waals surface area contributed by atoms with Gasteiger partial charge in [-0.05, 0) is 37.5 Å². The van der Waals surface area contributed by atoms with Crippen molar-refractivity contribution in [1.29, 1.82) is 0 Å². The third kappa shape index (κ3) is 5.95. The molecule has 0 saturated carbocycles. The molecule has 0 spiro atoms. The van der Waals surface area contributed by atoms with Crippen molar-refractivity contribution in [1.82, 2.24) is 9.88 Å². The molecule has 1 N–H and O–H groups in total. The minimum Gasteiger partial charge on any atom is -0.329 e. The number of amides is 2. The maximum absolute atomic E-state index is 12.9. The van der Waals surface area contributed by atoms with Crippen molar-refractivity contribution >= 4 is 28.3 Å². The molecule has 0 aliphatic carbocycles. The fourth-order valence-corrected chi connectivity index (χ4v) is 3.32. The Hall–Kier alpha value is -2.21. The number of hydrogen-bond donors (Lipinski definition) is 1. The van der Waals surface area contributed by atoms with Crippen molar-refractivity contribution in [2.24, 2.45) is 0 Å². The van der Waals surface area contributed by atoms with E-state index in [2.05, 4.69) is 24.1 Å². The summed E-state index contributed by atoms with van der Waals surface area (Å²) in [5.74, 6) is -0.316. The molecule has 0 atom stereocenters. The number of carbonyl (C=O) groups is 2. The lowest BCUT2D eigenvalue weighted by molar-refractivity contribution is -0.116. The molecule has 2 rings (SSSR count). The average Bonchev–Trinajstić information content (AvgIpc) is 3.05. The van der Waals surface area contributed by atoms with E-state index in [1.165, 1.54) is 16.9 Å². The van der Waals surface area contributed by atoms with Crippen molar-refractivity contribution in [3.05, 3.63) is 46.5 Å². The summed E-state index contributed by atoms with van der Waals surface area (Å²) < 4.78 is 0. The predicted octanol–water partition coefficient (Wildman–Crippen LogP) is 4.29. The van der Waals surface area contributed by atoms with Gasteiger partial charge >= 0.3 is 0 Å². The number of nitrogens with one attached hydrogen (secondary N) is 1. The maximum atomic E-state index is 12.9. The van der Waals surface area contributed by atoms with E-state index < -0.39 is 0 Å². The lowest BCUT2D eigenvalue weighted by Crippen LogP contribution is -2.38. The van der Waals surface area contributed by atoms with Crippen LogP contribution >= 0.6 is 11.3 Å². The number of thiazole rings is 1. The number of benzene rings is 1. The Labute approximate surface area is 159 Å². The zero-order chi connectivity index (χ0) is 18.9. The first-order chi connectivity index (χ1) is 12.5. The molecule has 26 heavy (non-hydrogen) atoms. The van der Waals surface area contributed by atoms with E-state index in [1.54, 1.807) is 4.90 Å². The first-order valence-corrected chi connectivity index (χ1v) is 10.0. The average molecular weight is 374 g/mol. The van der Waals surface area contributed by atoms with Crippen molar-refractivity contribution in [2.45, 2.75) is 46.5 Å². The molecule has 1 aromatic heterocycles. The number of nitrogens with zero attached hydrogens (tertiary/aromatic N) is 2. The van der Waals surface area contributed by atoms with E-state index in [0.717, 1.165) is 31.4 Å². The van der Waals surface area contributed by atoms with E-state index >= 15 is 0 Å². The van der Waals surface area contributed by atoms with E-state index in [1.807, 2.05) is 36.6 Å². The van der Waals surface area contributed by atoms with Gasteiger partial charge in [-0.1, -0.05) is 38.8 Å². The molecule has 0 bridgehead atoms. The summed E-state index contributed by atoms with van der Waals surface area (Å²) in [5.41, 5.74) is 2.68. The predicted molar refractivity (Wildman–Crippen MR) is 107 cm³/mol. The number of anilines is 1. The van der Waals surface area contributed by atoms with Crippen LogP contribution in [0.4, 0.5) is 5.13 Å². The van der Waals surface area contributed by atoms with Crippen LogP contribution < -0.4 is 5.32 Å². The number of aromatic nitrogens is 1. The third-order valence-electron chi connectivity index (χ3n) is 4.13. The van der Waals surface area contributed by atoms with Gasteiger partial charge in [-0.2, -0.15) is 0 Å². The van der Waals surface area contributed by atoms with Crippen LogP contribution in [0.25, 0.3) is 0 Å². The number of aryl methyl sites for hydroxylation is 2. The fourth-order valence-electron chi connectivity index (χ4n) is 2.61. The van der Waals surface area contributed by atoms with Crippen LogP contribution in [0, 0.1) is 6.92 Å². The Bertz CT molecular complexity index is 725. The van der Waals surface area contributed by atoms with E-state index in [-0.39, 0.29) is 18.4 Å². The topological polar surface area (TPSA) is 62.3 Å². The molecule has 0 unspecified atom stereocenters. The monoisotopic (exact) mass is 373 g/mol. The molecular formula is C20H27N3O2S. The van der Waals surface area contributed by atoms with Crippen molar-refractivity contribution < 1.29 is 9.59 Å². The van der Waals surface area contributed by atoms with Crippen LogP contribution in [0.2, 0.25) is 0 Å². The molecule has 140 valence electrons. The third-order valence-corrected chi connectivity index (χ3v) is 5.00. The van der Waals surface area contributed by atoms with Crippen LogP contribution in [0.1, 0.15) is 54.7 Å². The van der Waals surface area contributed by atoms with Crippen molar-refractivity contribution in [3.8, 4) is 0 Å². The molecule has 6 heteroatoms. The molecule has 0 radical (unpaired) electrons. The van der Waals surface area contributed by atoms with Crippen LogP contribution in [-0.2, 0) is 11.2 Å². The molecule has 1 aromatic carbocycles. The Morgan fingerprint density at radius 1 is 1.15 bits per heavy atom. The second-order valence-electron chi connectivity index (χ2n) is 6.33. The number of hydrogen-bond acceptors (Lipinski definition) is 4. The van der Waals surface area contributed by atoms with Crippen LogP contribution in [0.3, 0.4) is 0 Å². The molecule has 0 saturated heterocycles. The van der Waals surface area contributed by atoms with E-state index in [4.69, 9.17) is 0 Å². The summed E-state index contributed by atoms with van der Waals surface area (Å²) in [7, 11) is 0. The molecule has 0 aliphatic heterocycles. The summed E-state index contributed by atoms with van der Waals surface area (Å²) in [6.45, 7) is 6.70. The molecule has 2 aromatic rings. The Morgan fingerprint density at radius 2 is 1.88 bits per heavy atom. The lowest BCUT2D eigenvalue weighted by Gasteiger charge is -2.22. The summed E-state index contributed by atoms with van der Waals surface area (Å²) in [6.07, 6.45) is 3.92. The number of rotatable bonds is 9. The number of unbranched alkanes of at least 4 members (excludes halogenated alkanes) is 2. The fraction of sp³-hybridized carbons (Fsp3) is 0.450. The Balaban J connectivity index is 2.05. The number of carbonyl (C=O) groups excluding carboxylic acids is 2. The molecule has 5 nitrogen and oxygen atoms in total. The largest absolute Gasteiger partial charge is 0.329 e. The van der Waals surface area contributed by atoms with Gasteiger partial charge in [-0.15, -0.1) is 11.3 Å². The van der Waals surface area contributed by atoms with Gasteiger partial charge in [0.2, 0.25) is 5.91 Å². The Morgan fingerprint density at radius 3 is 2.46 bits per heavy atom. The molecule has 0 aliphatic rings. The smallest absolute Gasteiger partial charge is 0.254 e. The SMILES string of the molecule is CCCCCN(CC(=O)Nc1nc(C)cs1)C(=O)c1ccc(CC)cc1. The van der Waals surface area contributed by atoms with Crippen LogP contribution in [0.15, 0.2) is 29.6 Å². The highest BCUT2D eigenvalue weighted by Crippen LogP contribution is 2.15. The minimum atomic E-state index is -0.214. The van der Waals surface area contributed by atoms with Crippen LogP contribution in [0.5, 0.6) is 0 Å². The molecule has 2 amide bonds. The Kier molecular flexibility index (Phi) is 7.78. The van der Waals surface area contributed by atoms with E-state index in [9.17, 15) is 9.59 Å². The normalized spacial score (nSPS) is 10.6. The quantitative estimate of drug-likeness (QED) is 0.667. The second kappa shape index (κ2) is 10.1. The van der Waals surface area contributed by atoms with Gasteiger partial charge in [-0.3, -0.25) is 9.59 Å². The zero-order valence-corrected chi connectivity index (χ0v) is 16.6. The molecule has 0 fully saturated rings. The zero-order valence-electron chi connectivity index (χ0n) is 15.7. The van der Waals surface area contributed by atoms with Gasteiger partial charge in [0.25, 0.3) is 5.91 Å². The van der Waals surface area contributed by atoms with E-state index in [0.29, 0.717) is 17.2 Å². The molecular weight excluding hydrogens is 346 g/mol. The summed E-state index contributed by atoms with van der Waals surface area (Å²) in [6, 6.07) is 7.62. The molecule has 1 heterocycles. The van der Waals surface area contributed by atoms with Gasteiger partial charge in [0.15, 0.2) is 5.13 Å². The lowest BCUT2D eigenvalue weighted by atomic mass is 10.1. The first-order valence-electron chi connectivity index (χ1n) is 9.13.